The highest BCUT2D eigenvalue weighted by molar-refractivity contribution is 5.75. The van der Waals surface area contributed by atoms with Gasteiger partial charge < -0.3 is 9.69 Å². The Morgan fingerprint density at radius 2 is 1.70 bits per heavy atom. The van der Waals surface area contributed by atoms with Gasteiger partial charge in [0.2, 0.25) is 0 Å². The van der Waals surface area contributed by atoms with E-state index in [-0.39, 0.29) is 6.04 Å². The third-order valence-corrected chi connectivity index (χ3v) is 3.88. The van der Waals surface area contributed by atoms with Crippen LogP contribution in [0.1, 0.15) is 37.5 Å². The first-order chi connectivity index (χ1) is 9.74. The van der Waals surface area contributed by atoms with Crippen molar-refractivity contribution in [2.24, 2.45) is 0 Å². The summed E-state index contributed by atoms with van der Waals surface area (Å²) in [5.74, 6) is 0. The maximum absolute atomic E-state index is 11.3. The molecule has 1 aliphatic heterocycles. The first-order valence-electron chi connectivity index (χ1n) is 7.48. The summed E-state index contributed by atoms with van der Waals surface area (Å²) in [4.78, 5) is 13.4. The molecular weight excluding hydrogens is 246 g/mol. The van der Waals surface area contributed by atoms with Crippen molar-refractivity contribution in [2.45, 2.75) is 46.1 Å². The van der Waals surface area contributed by atoms with Gasteiger partial charge in [0.1, 0.15) is 12.3 Å². The zero-order valence-corrected chi connectivity index (χ0v) is 12.6. The van der Waals surface area contributed by atoms with E-state index in [1.165, 1.54) is 22.4 Å². The van der Waals surface area contributed by atoms with Crippen molar-refractivity contribution in [3.8, 4) is 0 Å². The average molecular weight is 269 g/mol. The summed E-state index contributed by atoms with van der Waals surface area (Å²) in [5.41, 5.74) is 5.24. The smallest absolute Gasteiger partial charge is 0.146 e. The fourth-order valence-corrected chi connectivity index (χ4v) is 2.75. The highest BCUT2D eigenvalue weighted by Gasteiger charge is 2.20. The number of hydrogen-bond acceptors (Lipinski definition) is 2. The molecule has 0 fully saturated rings. The van der Waals surface area contributed by atoms with Gasteiger partial charge in [-0.1, -0.05) is 45.1 Å². The molecule has 2 nitrogen and oxygen atoms in total. The van der Waals surface area contributed by atoms with Crippen molar-refractivity contribution >= 4 is 12.0 Å². The van der Waals surface area contributed by atoms with Crippen LogP contribution < -0.4 is 4.90 Å². The third-order valence-electron chi connectivity index (χ3n) is 3.88. The quantitative estimate of drug-likeness (QED) is 0.757. The Morgan fingerprint density at radius 1 is 1.05 bits per heavy atom. The van der Waals surface area contributed by atoms with E-state index in [0.717, 1.165) is 25.5 Å². The van der Waals surface area contributed by atoms with Gasteiger partial charge in [-0.3, -0.25) is 0 Å². The molecule has 2 rings (SSSR count). The fraction of sp³-hybridized carbons (Fsp3) is 0.389. The summed E-state index contributed by atoms with van der Waals surface area (Å²) in [6, 6.07) is 4.37. The lowest BCUT2D eigenvalue weighted by Crippen LogP contribution is -2.33. The molecule has 0 radical (unpaired) electrons. The molecule has 0 N–H and O–H groups in total. The van der Waals surface area contributed by atoms with Gasteiger partial charge in [0.25, 0.3) is 0 Å². The fourth-order valence-electron chi connectivity index (χ4n) is 2.75. The Hall–Kier alpha value is -1.83. The van der Waals surface area contributed by atoms with Crippen molar-refractivity contribution in [3.05, 3.63) is 53.3 Å². The summed E-state index contributed by atoms with van der Waals surface area (Å²) in [6.45, 7) is 6.54. The molecule has 2 heteroatoms. The largest absolute Gasteiger partial charge is 0.334 e. The Morgan fingerprint density at radius 3 is 2.20 bits per heavy atom. The van der Waals surface area contributed by atoms with Crippen molar-refractivity contribution in [2.75, 3.05) is 4.90 Å². The molecule has 1 aliphatic rings. The van der Waals surface area contributed by atoms with E-state index < -0.39 is 0 Å². The monoisotopic (exact) mass is 269 g/mol. The number of aryl methyl sites for hydroxylation is 3. The lowest BCUT2D eigenvalue weighted by atomic mass is 9.96. The highest BCUT2D eigenvalue weighted by Crippen LogP contribution is 2.31. The van der Waals surface area contributed by atoms with Crippen LogP contribution in [0.2, 0.25) is 0 Å². The van der Waals surface area contributed by atoms with Gasteiger partial charge in [-0.25, -0.2) is 0 Å². The lowest BCUT2D eigenvalue weighted by molar-refractivity contribution is -0.108. The molecule has 106 valence electrons. The summed E-state index contributed by atoms with van der Waals surface area (Å²) in [5, 5.41) is 0. The highest BCUT2D eigenvalue weighted by atomic mass is 16.1. The molecule has 0 spiro atoms. The molecule has 0 amide bonds. The van der Waals surface area contributed by atoms with E-state index >= 15 is 0 Å². The number of allylic oxidation sites excluding steroid dienone is 2. The van der Waals surface area contributed by atoms with E-state index in [1.807, 2.05) is 24.4 Å². The van der Waals surface area contributed by atoms with Gasteiger partial charge in [0, 0.05) is 11.9 Å². The minimum Gasteiger partial charge on any atom is -0.334 e. The number of rotatable bonds is 5. The average Bonchev–Trinajstić information content (AvgIpc) is 2.53. The molecule has 1 aromatic carbocycles. The SMILES string of the molecule is CCc1cc(CC)c(N2C=CC=CC2C=O)c(CC)c1. The molecule has 0 aliphatic carbocycles. The minimum atomic E-state index is -0.192. The predicted octanol–water partition coefficient (Wildman–Crippen LogP) is 3.83. The third kappa shape index (κ3) is 2.69. The molecule has 1 aromatic rings. The normalized spacial score (nSPS) is 17.6. The molecule has 20 heavy (non-hydrogen) atoms. The zero-order valence-electron chi connectivity index (χ0n) is 12.6. The predicted molar refractivity (Wildman–Crippen MR) is 85.2 cm³/mol. The number of carbonyl (C=O) groups excluding carboxylic acids is 1. The van der Waals surface area contributed by atoms with Crippen LogP contribution in [-0.2, 0) is 24.1 Å². The van der Waals surface area contributed by atoms with Gasteiger partial charge in [-0.05, 0) is 42.0 Å². The summed E-state index contributed by atoms with van der Waals surface area (Å²) < 4.78 is 0. The summed E-state index contributed by atoms with van der Waals surface area (Å²) in [6.07, 6.45) is 11.9. The van der Waals surface area contributed by atoms with Crippen LogP contribution >= 0.6 is 0 Å². The molecule has 1 heterocycles. The minimum absolute atomic E-state index is 0.192. The van der Waals surface area contributed by atoms with E-state index in [9.17, 15) is 4.79 Å². The van der Waals surface area contributed by atoms with Crippen LogP contribution in [0.3, 0.4) is 0 Å². The maximum Gasteiger partial charge on any atom is 0.146 e. The molecular formula is C18H23NO. The van der Waals surface area contributed by atoms with E-state index in [2.05, 4.69) is 37.8 Å². The van der Waals surface area contributed by atoms with Gasteiger partial charge in [0.05, 0.1) is 0 Å². The van der Waals surface area contributed by atoms with Crippen molar-refractivity contribution < 1.29 is 4.79 Å². The molecule has 0 saturated heterocycles. The van der Waals surface area contributed by atoms with Crippen molar-refractivity contribution in [3.63, 3.8) is 0 Å². The van der Waals surface area contributed by atoms with Gasteiger partial charge in [-0.2, -0.15) is 0 Å². The Kier molecular flexibility index (Phi) is 4.78. The number of nitrogens with zero attached hydrogens (tertiary/aromatic N) is 1. The van der Waals surface area contributed by atoms with E-state index in [0.29, 0.717) is 0 Å². The first-order valence-corrected chi connectivity index (χ1v) is 7.48. The van der Waals surface area contributed by atoms with E-state index in [4.69, 9.17) is 0 Å². The molecule has 0 saturated carbocycles. The standard InChI is InChI=1S/C18H23NO/c1-4-14-11-15(5-2)18(16(6-3)12-14)19-10-8-7-9-17(19)13-20/h7-13,17H,4-6H2,1-3H3. The maximum atomic E-state index is 11.3. The second kappa shape index (κ2) is 6.56. The van der Waals surface area contributed by atoms with Gasteiger partial charge >= 0.3 is 0 Å². The number of hydrogen-bond donors (Lipinski definition) is 0. The van der Waals surface area contributed by atoms with Crippen molar-refractivity contribution in [1.82, 2.24) is 0 Å². The van der Waals surface area contributed by atoms with Crippen LogP contribution in [0.4, 0.5) is 5.69 Å². The Bertz CT molecular complexity index is 517. The lowest BCUT2D eigenvalue weighted by Gasteiger charge is -2.31. The Labute approximate surface area is 121 Å². The zero-order chi connectivity index (χ0) is 14.5. The molecule has 1 atom stereocenters. The topological polar surface area (TPSA) is 20.3 Å². The molecule has 0 aromatic heterocycles. The van der Waals surface area contributed by atoms with Crippen LogP contribution in [-0.4, -0.2) is 12.3 Å². The number of benzene rings is 1. The summed E-state index contributed by atoms with van der Waals surface area (Å²) in [7, 11) is 0. The Balaban J connectivity index is 2.56. The van der Waals surface area contributed by atoms with Crippen LogP contribution in [0.5, 0.6) is 0 Å². The molecule has 0 bridgehead atoms. The number of aldehydes is 1. The van der Waals surface area contributed by atoms with E-state index in [1.54, 1.807) is 0 Å². The number of carbonyl (C=O) groups is 1. The second-order valence-corrected chi connectivity index (χ2v) is 5.08. The second-order valence-electron chi connectivity index (χ2n) is 5.08. The summed E-state index contributed by atoms with van der Waals surface area (Å²) >= 11 is 0. The molecule has 1 unspecified atom stereocenters. The van der Waals surface area contributed by atoms with Crippen LogP contribution in [0.25, 0.3) is 0 Å². The first kappa shape index (κ1) is 14.6. The van der Waals surface area contributed by atoms with Crippen LogP contribution in [0, 0.1) is 0 Å². The van der Waals surface area contributed by atoms with Crippen molar-refractivity contribution in [1.29, 1.82) is 0 Å². The van der Waals surface area contributed by atoms with Gasteiger partial charge in [0.15, 0.2) is 0 Å². The van der Waals surface area contributed by atoms with Gasteiger partial charge in [-0.15, -0.1) is 0 Å². The number of anilines is 1. The van der Waals surface area contributed by atoms with Crippen LogP contribution in [0.15, 0.2) is 36.6 Å².